The molecular weight excluding hydrogens is 426 g/mol. The van der Waals surface area contributed by atoms with E-state index in [0.717, 1.165) is 39.8 Å². The van der Waals surface area contributed by atoms with Gasteiger partial charge >= 0.3 is 5.97 Å². The number of aliphatic imine (C=N–C) groups is 1. The van der Waals surface area contributed by atoms with Crippen molar-refractivity contribution < 1.29 is 9.53 Å². The monoisotopic (exact) mass is 454 g/mol. The fourth-order valence-electron chi connectivity index (χ4n) is 3.65. The number of aromatic nitrogens is 2. The Kier molecular flexibility index (Phi) is 6.34. The summed E-state index contributed by atoms with van der Waals surface area (Å²) in [4.78, 5) is 22.2. The molecule has 3 aromatic rings. The minimum Gasteiger partial charge on any atom is -0.455 e. The Hall–Kier alpha value is -3.43. The van der Waals surface area contributed by atoms with Crippen molar-refractivity contribution in [2.45, 2.75) is 52.1 Å². The zero-order valence-corrected chi connectivity index (χ0v) is 20.8. The molecule has 2 heterocycles. The van der Waals surface area contributed by atoms with Crippen molar-refractivity contribution >= 4 is 20.5 Å². The third-order valence-corrected chi connectivity index (χ3v) is 5.96. The molecule has 167 valence electrons. The molecule has 0 unspecified atom stereocenters. The highest BCUT2D eigenvalue weighted by Crippen LogP contribution is 2.28. The molecule has 0 fully saturated rings. The zero-order valence-electron chi connectivity index (χ0n) is 19.8. The smallest absolute Gasteiger partial charge is 0.359 e. The van der Waals surface area contributed by atoms with Crippen LogP contribution in [0.4, 0.5) is 0 Å². The summed E-state index contributed by atoms with van der Waals surface area (Å²) in [5.74, 6) is 6.19. The van der Waals surface area contributed by atoms with Crippen LogP contribution < -0.4 is 0 Å². The van der Waals surface area contributed by atoms with Crippen LogP contribution in [0.15, 0.2) is 59.9 Å². The second kappa shape index (κ2) is 9.20. The van der Waals surface area contributed by atoms with E-state index < -0.39 is 20.4 Å². The molecule has 1 aromatic heterocycles. The number of imidazole rings is 1. The van der Waals surface area contributed by atoms with Gasteiger partial charge in [-0.15, -0.1) is 5.92 Å². The quantitative estimate of drug-likeness (QED) is 0.307. The summed E-state index contributed by atoms with van der Waals surface area (Å²) >= 11 is 0. The lowest BCUT2D eigenvalue weighted by Crippen LogP contribution is -2.24. The molecule has 5 nitrogen and oxygen atoms in total. The Morgan fingerprint density at radius 2 is 1.91 bits per heavy atom. The first-order valence-corrected chi connectivity index (χ1v) is 13.8. The van der Waals surface area contributed by atoms with Crippen LogP contribution in [-0.2, 0) is 11.3 Å². The van der Waals surface area contributed by atoms with Crippen LogP contribution in [0.5, 0.6) is 0 Å². The minimum absolute atomic E-state index is 0.304. The Balaban J connectivity index is 1.84. The molecule has 6 heteroatoms. The Bertz CT molecular complexity index is 1270. The molecule has 0 N–H and O–H groups in total. The number of hydrogen-bond donors (Lipinski definition) is 0. The summed E-state index contributed by atoms with van der Waals surface area (Å²) in [6.07, 6.45) is 1.69. The molecule has 0 aliphatic carbocycles. The summed E-state index contributed by atoms with van der Waals surface area (Å²) in [5.41, 5.74) is 5.18. The van der Waals surface area contributed by atoms with Gasteiger partial charge in [0.1, 0.15) is 11.9 Å². The van der Waals surface area contributed by atoms with Gasteiger partial charge in [-0.05, 0) is 39.0 Å². The molecule has 1 aliphatic heterocycles. The maximum absolute atomic E-state index is 12.8. The molecule has 0 amide bonds. The summed E-state index contributed by atoms with van der Waals surface area (Å²) in [7, 11) is -0.392. The van der Waals surface area contributed by atoms with Gasteiger partial charge in [-0.2, -0.15) is 0 Å². The molecule has 0 atom stereocenters. The first kappa shape index (κ1) is 22.7. The molecule has 0 spiro atoms. The number of ether oxygens (including phenoxy) is 1. The van der Waals surface area contributed by atoms with E-state index in [9.17, 15) is 4.79 Å². The number of esters is 1. The molecule has 0 bridgehead atoms. The van der Waals surface area contributed by atoms with Crippen molar-refractivity contribution in [3.05, 3.63) is 82.9 Å². The van der Waals surface area contributed by atoms with Gasteiger partial charge in [-0.1, -0.05) is 49.3 Å². The number of nitrogens with zero attached hydrogens (tertiary/aromatic N) is 3. The van der Waals surface area contributed by atoms with Gasteiger partial charge in [0.2, 0.25) is 0 Å². The van der Waals surface area contributed by atoms with Crippen LogP contribution in [-0.4, -0.2) is 35.6 Å². The number of hydrogen-bond acceptors (Lipinski definition) is 4. The van der Waals surface area contributed by atoms with E-state index in [4.69, 9.17) is 9.73 Å². The zero-order chi connectivity index (χ0) is 23.6. The SMILES string of the molecule is C[Si](C)CC#Cc1ccc2c(c1)C(c1ccccc1)=NCc1c(C(=O)OC(C)(C)C)ncn1-2. The highest BCUT2D eigenvalue weighted by Gasteiger charge is 2.27. The van der Waals surface area contributed by atoms with Crippen LogP contribution >= 0.6 is 0 Å². The average molecular weight is 455 g/mol. The molecule has 33 heavy (non-hydrogen) atoms. The average Bonchev–Trinajstić information content (AvgIpc) is 3.10. The number of fused-ring (bicyclic) bond motifs is 3. The number of carbonyl (C=O) groups is 1. The topological polar surface area (TPSA) is 56.5 Å². The number of benzene rings is 2. The minimum atomic E-state index is -0.597. The highest BCUT2D eigenvalue weighted by atomic mass is 28.3. The molecule has 0 saturated carbocycles. The molecule has 0 saturated heterocycles. The Morgan fingerprint density at radius 3 is 2.61 bits per heavy atom. The maximum Gasteiger partial charge on any atom is 0.359 e. The van der Waals surface area contributed by atoms with Gasteiger partial charge in [-0.3, -0.25) is 9.56 Å². The van der Waals surface area contributed by atoms with Crippen LogP contribution in [0.1, 0.15) is 53.6 Å². The van der Waals surface area contributed by atoms with Crippen molar-refractivity contribution in [1.82, 2.24) is 9.55 Å². The van der Waals surface area contributed by atoms with Gasteiger partial charge in [-0.25, -0.2) is 9.78 Å². The van der Waals surface area contributed by atoms with E-state index >= 15 is 0 Å². The Labute approximate surface area is 197 Å². The highest BCUT2D eigenvalue weighted by molar-refractivity contribution is 6.56. The van der Waals surface area contributed by atoms with E-state index in [2.05, 4.69) is 48.1 Å². The summed E-state index contributed by atoms with van der Waals surface area (Å²) in [6, 6.07) is 17.2. The third kappa shape index (κ3) is 5.15. The van der Waals surface area contributed by atoms with E-state index in [-0.39, 0.29) is 0 Å². The van der Waals surface area contributed by atoms with Crippen LogP contribution in [0.3, 0.4) is 0 Å². The van der Waals surface area contributed by atoms with Crippen LogP contribution in [0, 0.1) is 11.8 Å². The van der Waals surface area contributed by atoms with Gasteiger partial charge in [0.15, 0.2) is 5.69 Å². The lowest BCUT2D eigenvalue weighted by Gasteiger charge is -2.19. The largest absolute Gasteiger partial charge is 0.455 e. The number of rotatable bonds is 3. The predicted octanol–water partition coefficient (Wildman–Crippen LogP) is 5.28. The first-order valence-electron chi connectivity index (χ1n) is 11.0. The van der Waals surface area contributed by atoms with Crippen molar-refractivity contribution in [2.75, 3.05) is 0 Å². The van der Waals surface area contributed by atoms with Crippen LogP contribution in [0.25, 0.3) is 5.69 Å². The van der Waals surface area contributed by atoms with Crippen molar-refractivity contribution in [3.8, 4) is 17.5 Å². The van der Waals surface area contributed by atoms with E-state index in [1.54, 1.807) is 6.33 Å². The van der Waals surface area contributed by atoms with Crippen LogP contribution in [0.2, 0.25) is 19.1 Å². The second-order valence-electron chi connectivity index (χ2n) is 9.36. The summed E-state index contributed by atoms with van der Waals surface area (Å²) in [6.45, 7) is 10.4. The third-order valence-electron chi connectivity index (χ3n) is 5.08. The van der Waals surface area contributed by atoms with Crippen molar-refractivity contribution in [3.63, 3.8) is 0 Å². The molecule has 1 aliphatic rings. The lowest BCUT2D eigenvalue weighted by molar-refractivity contribution is 0.00621. The first-order chi connectivity index (χ1) is 15.7. The molecule has 1 radical (unpaired) electrons. The Morgan fingerprint density at radius 1 is 1.15 bits per heavy atom. The van der Waals surface area contributed by atoms with Gasteiger partial charge in [0.25, 0.3) is 0 Å². The maximum atomic E-state index is 12.8. The normalized spacial score (nSPS) is 12.7. The van der Waals surface area contributed by atoms with Crippen molar-refractivity contribution in [2.24, 2.45) is 4.99 Å². The van der Waals surface area contributed by atoms with E-state index in [0.29, 0.717) is 12.2 Å². The fraction of sp³-hybridized carbons (Fsp3) is 0.296. The van der Waals surface area contributed by atoms with Crippen molar-refractivity contribution in [1.29, 1.82) is 0 Å². The van der Waals surface area contributed by atoms with E-state index in [1.807, 2.05) is 55.7 Å². The fourth-order valence-corrected chi connectivity index (χ4v) is 4.09. The second-order valence-corrected chi connectivity index (χ2v) is 12.1. The standard InChI is InChI=1S/C27H28N3O2Si/c1-27(2,3)32-26(31)25-23-17-28-24(20-11-7-6-8-12-20)21-16-19(10-9-15-33(4)5)13-14-22(21)30(23)18-29-25/h6-8,11-14,16,18H,15,17H2,1-5H3. The van der Waals surface area contributed by atoms with Gasteiger partial charge in [0, 0.05) is 22.7 Å². The molecule has 2 aromatic carbocycles. The predicted molar refractivity (Wildman–Crippen MR) is 134 cm³/mol. The summed E-state index contributed by atoms with van der Waals surface area (Å²) < 4.78 is 7.54. The van der Waals surface area contributed by atoms with Gasteiger partial charge in [0.05, 0.1) is 32.4 Å². The van der Waals surface area contributed by atoms with E-state index in [1.165, 1.54) is 0 Å². The lowest BCUT2D eigenvalue weighted by atomic mass is 9.98. The number of carbonyl (C=O) groups excluding carboxylic acids is 1. The summed E-state index contributed by atoms with van der Waals surface area (Å²) in [5, 5.41) is 0. The van der Waals surface area contributed by atoms with Gasteiger partial charge < -0.3 is 4.74 Å². The molecule has 4 rings (SSSR count). The molecular formula is C27H28N3O2Si.